The van der Waals surface area contributed by atoms with Gasteiger partial charge in [-0.15, -0.1) is 6.58 Å². The maximum atomic E-state index is 13.0. The predicted octanol–water partition coefficient (Wildman–Crippen LogP) is 7.68. The molecule has 0 bridgehead atoms. The number of aliphatic hydroxyl groups is 1. The summed E-state index contributed by atoms with van der Waals surface area (Å²) in [4.78, 5) is 2.44. The van der Waals surface area contributed by atoms with Crippen LogP contribution in [0, 0.1) is 24.2 Å². The molecule has 0 radical (unpaired) electrons. The number of aryl methyl sites for hydroxylation is 1. The lowest BCUT2D eigenvalue weighted by Gasteiger charge is -2.42. The molecule has 0 spiro atoms. The van der Waals surface area contributed by atoms with E-state index in [9.17, 15) is 13.5 Å². The fourth-order valence-electron chi connectivity index (χ4n) is 6.16. The molecule has 1 saturated carbocycles. The van der Waals surface area contributed by atoms with Gasteiger partial charge in [0.05, 0.1) is 17.6 Å². The van der Waals surface area contributed by atoms with Crippen LogP contribution in [0.1, 0.15) is 64.4 Å². The monoisotopic (exact) mass is 540 g/mol. The third kappa shape index (κ3) is 6.59. The summed E-state index contributed by atoms with van der Waals surface area (Å²) in [5.74, 6) is 0.417. The average molecular weight is 541 g/mol. The predicted molar refractivity (Wildman–Crippen MR) is 152 cm³/mol. The molecular formula is C31H40O4S2. The van der Waals surface area contributed by atoms with Gasteiger partial charge in [-0.25, -0.2) is 0 Å². The van der Waals surface area contributed by atoms with Crippen LogP contribution in [0.4, 0.5) is 0 Å². The van der Waals surface area contributed by atoms with Crippen LogP contribution in [-0.2, 0) is 14.3 Å². The molecule has 2 aromatic rings. The van der Waals surface area contributed by atoms with Gasteiger partial charge in [-0.3, -0.25) is 4.18 Å². The van der Waals surface area contributed by atoms with Gasteiger partial charge in [0.15, 0.2) is 0 Å². The molecule has 6 heteroatoms. The Morgan fingerprint density at radius 1 is 1.16 bits per heavy atom. The summed E-state index contributed by atoms with van der Waals surface area (Å²) in [5.41, 5.74) is 3.45. The lowest BCUT2D eigenvalue weighted by Crippen LogP contribution is -2.36. The zero-order valence-corrected chi connectivity index (χ0v) is 23.9. The van der Waals surface area contributed by atoms with Crippen molar-refractivity contribution < 1.29 is 17.7 Å². The minimum Gasteiger partial charge on any atom is -0.388 e. The Morgan fingerprint density at radius 2 is 1.86 bits per heavy atom. The molecule has 2 aliphatic carbocycles. The highest BCUT2D eigenvalue weighted by Gasteiger charge is 2.50. The number of thioether (sulfide) groups is 1. The summed E-state index contributed by atoms with van der Waals surface area (Å²) in [6, 6.07) is 17.1. The molecule has 37 heavy (non-hydrogen) atoms. The van der Waals surface area contributed by atoms with Crippen molar-refractivity contribution in [2.24, 2.45) is 17.3 Å². The average Bonchev–Trinajstić information content (AvgIpc) is 3.21. The van der Waals surface area contributed by atoms with Crippen molar-refractivity contribution in [1.82, 2.24) is 0 Å². The highest BCUT2D eigenvalue weighted by atomic mass is 32.2. The molecule has 200 valence electrons. The molecule has 0 amide bonds. The maximum Gasteiger partial charge on any atom is 0.296 e. The second-order valence-electron chi connectivity index (χ2n) is 11.0. The molecular weight excluding hydrogens is 500 g/mol. The van der Waals surface area contributed by atoms with E-state index in [0.717, 1.165) is 65.9 Å². The van der Waals surface area contributed by atoms with Crippen molar-refractivity contribution in [3.8, 4) is 0 Å². The molecule has 4 atom stereocenters. The van der Waals surface area contributed by atoms with Gasteiger partial charge in [0.1, 0.15) is 0 Å². The number of hydrogen-bond acceptors (Lipinski definition) is 5. The van der Waals surface area contributed by atoms with E-state index in [1.165, 1.54) is 5.57 Å². The normalized spacial score (nSPS) is 24.6. The van der Waals surface area contributed by atoms with E-state index >= 15 is 0 Å². The minimum atomic E-state index is -3.83. The molecule has 2 aromatic carbocycles. The molecule has 0 saturated heterocycles. The fourth-order valence-corrected chi connectivity index (χ4v) is 8.37. The van der Waals surface area contributed by atoms with Crippen LogP contribution in [0.5, 0.6) is 0 Å². The van der Waals surface area contributed by atoms with Gasteiger partial charge in [-0.05, 0) is 100 Å². The van der Waals surface area contributed by atoms with Gasteiger partial charge in [-0.2, -0.15) is 8.42 Å². The van der Waals surface area contributed by atoms with Crippen molar-refractivity contribution >= 4 is 21.9 Å². The topological polar surface area (TPSA) is 63.6 Å². The van der Waals surface area contributed by atoms with Crippen molar-refractivity contribution in [3.05, 3.63) is 82.8 Å². The molecule has 4 rings (SSSR count). The molecule has 1 fully saturated rings. The van der Waals surface area contributed by atoms with Gasteiger partial charge < -0.3 is 5.11 Å². The van der Waals surface area contributed by atoms with Gasteiger partial charge in [0.25, 0.3) is 10.1 Å². The van der Waals surface area contributed by atoms with Crippen LogP contribution in [0.15, 0.2) is 87.0 Å². The summed E-state index contributed by atoms with van der Waals surface area (Å²) < 4.78 is 31.8. The van der Waals surface area contributed by atoms with Crippen LogP contribution in [-0.4, -0.2) is 26.2 Å². The Morgan fingerprint density at radius 3 is 2.54 bits per heavy atom. The number of aliphatic hydroxyl groups excluding tert-OH is 1. The summed E-state index contributed by atoms with van der Waals surface area (Å²) in [5, 5.41) is 11.0. The third-order valence-corrected chi connectivity index (χ3v) is 10.8. The van der Waals surface area contributed by atoms with E-state index in [1.54, 1.807) is 36.0 Å². The van der Waals surface area contributed by atoms with E-state index in [-0.39, 0.29) is 22.8 Å². The lowest BCUT2D eigenvalue weighted by atomic mass is 9.65. The number of allylic oxidation sites excluding steroid dienone is 2. The van der Waals surface area contributed by atoms with E-state index in [0.29, 0.717) is 5.92 Å². The van der Waals surface area contributed by atoms with Gasteiger partial charge in [-0.1, -0.05) is 65.7 Å². The molecule has 1 N–H and O–H groups in total. The van der Waals surface area contributed by atoms with Crippen molar-refractivity contribution in [2.45, 2.75) is 81.6 Å². The van der Waals surface area contributed by atoms with E-state index in [4.69, 9.17) is 4.18 Å². The van der Waals surface area contributed by atoms with Crippen LogP contribution >= 0.6 is 11.8 Å². The SMILES string of the molecule is C=C(C)CCC[C@@H](COS(=O)(=O)c1ccc(C)cc1)C1CCC2=C(Sc3ccccc3)[C@@H](O)CC[C@@]21C. The Bertz CT molecular complexity index is 1220. The first-order valence-corrected chi connectivity index (χ1v) is 15.6. The van der Waals surface area contributed by atoms with E-state index < -0.39 is 16.2 Å². The molecule has 0 aliphatic heterocycles. The van der Waals surface area contributed by atoms with Gasteiger partial charge >= 0.3 is 0 Å². The molecule has 0 aromatic heterocycles. The van der Waals surface area contributed by atoms with Crippen molar-refractivity contribution in [2.75, 3.05) is 6.61 Å². The second kappa shape index (κ2) is 11.9. The fraction of sp³-hybridized carbons (Fsp3) is 0.484. The number of benzene rings is 2. The van der Waals surface area contributed by atoms with Gasteiger partial charge in [0.2, 0.25) is 0 Å². The van der Waals surface area contributed by atoms with E-state index in [2.05, 4.69) is 25.6 Å². The summed E-state index contributed by atoms with van der Waals surface area (Å²) in [6.45, 7) is 10.5. The Kier molecular flexibility index (Phi) is 9.05. The summed E-state index contributed by atoms with van der Waals surface area (Å²) in [7, 11) is -3.83. The number of hydrogen-bond donors (Lipinski definition) is 1. The zero-order chi connectivity index (χ0) is 26.6. The first-order valence-electron chi connectivity index (χ1n) is 13.3. The number of rotatable bonds is 11. The quantitative estimate of drug-likeness (QED) is 0.234. The molecule has 2 aliphatic rings. The van der Waals surface area contributed by atoms with Crippen LogP contribution in [0.25, 0.3) is 0 Å². The largest absolute Gasteiger partial charge is 0.388 e. The van der Waals surface area contributed by atoms with Crippen LogP contribution in [0.2, 0.25) is 0 Å². The van der Waals surface area contributed by atoms with Crippen LogP contribution in [0.3, 0.4) is 0 Å². The first-order chi connectivity index (χ1) is 17.6. The van der Waals surface area contributed by atoms with Crippen LogP contribution < -0.4 is 0 Å². The zero-order valence-electron chi connectivity index (χ0n) is 22.3. The summed E-state index contributed by atoms with van der Waals surface area (Å²) in [6.07, 6.45) is 5.93. The molecule has 0 heterocycles. The summed E-state index contributed by atoms with van der Waals surface area (Å²) >= 11 is 1.69. The molecule has 1 unspecified atom stereocenters. The lowest BCUT2D eigenvalue weighted by molar-refractivity contribution is 0.0892. The standard InChI is InChI=1S/C31H40O4S2/c1-22(2)9-8-10-24(21-35-37(33,34)26-15-13-23(3)14-16-26)27-17-18-28-30(29(32)19-20-31(27,28)4)36-25-11-6-5-7-12-25/h5-7,11-16,24,27,29,32H,1,8-10,17-21H2,2-4H3/t24-,27?,29-,31+/m0/s1. The third-order valence-electron chi connectivity index (χ3n) is 8.22. The van der Waals surface area contributed by atoms with Crippen molar-refractivity contribution in [1.29, 1.82) is 0 Å². The van der Waals surface area contributed by atoms with E-state index in [1.807, 2.05) is 32.0 Å². The highest BCUT2D eigenvalue weighted by Crippen LogP contribution is 2.60. The maximum absolute atomic E-state index is 13.0. The number of fused-ring (bicyclic) bond motifs is 1. The minimum absolute atomic E-state index is 0.0682. The Hall–Kier alpha value is -1.86. The Balaban J connectivity index is 1.58. The first kappa shape index (κ1) is 28.2. The highest BCUT2D eigenvalue weighted by molar-refractivity contribution is 8.03. The molecule has 4 nitrogen and oxygen atoms in total. The smallest absolute Gasteiger partial charge is 0.296 e. The second-order valence-corrected chi connectivity index (χ2v) is 13.8. The Labute approximate surface area is 227 Å². The van der Waals surface area contributed by atoms with Crippen molar-refractivity contribution in [3.63, 3.8) is 0 Å². The van der Waals surface area contributed by atoms with Gasteiger partial charge in [0, 0.05) is 9.80 Å².